The van der Waals surface area contributed by atoms with Gasteiger partial charge >= 0.3 is 0 Å². The standard InChI is InChI=1S/C16H25N3S/c1-15(2,3)12-4-6-16(17,7-5-12)10-13-11-19-8-9-20-14(19)18-13/h8-9,11-12H,4-7,10,17H2,1-3H3. The molecule has 1 saturated carbocycles. The highest BCUT2D eigenvalue weighted by Crippen LogP contribution is 2.41. The molecule has 3 nitrogen and oxygen atoms in total. The van der Waals surface area contributed by atoms with Gasteiger partial charge in [-0.3, -0.25) is 4.40 Å². The average molecular weight is 291 g/mol. The predicted octanol–water partition coefficient (Wildman–Crippen LogP) is 3.87. The first kappa shape index (κ1) is 14.1. The van der Waals surface area contributed by atoms with E-state index < -0.39 is 0 Å². The van der Waals surface area contributed by atoms with Crippen molar-refractivity contribution in [1.29, 1.82) is 0 Å². The van der Waals surface area contributed by atoms with Crippen LogP contribution in [0.5, 0.6) is 0 Å². The summed E-state index contributed by atoms with van der Waals surface area (Å²) in [7, 11) is 0. The number of hydrogen-bond acceptors (Lipinski definition) is 3. The summed E-state index contributed by atoms with van der Waals surface area (Å²) in [6.45, 7) is 7.06. The highest BCUT2D eigenvalue weighted by atomic mass is 32.1. The van der Waals surface area contributed by atoms with Crippen LogP contribution in [0.1, 0.15) is 52.1 Å². The van der Waals surface area contributed by atoms with Crippen LogP contribution in [0.4, 0.5) is 0 Å². The minimum Gasteiger partial charge on any atom is -0.325 e. The Bertz CT molecular complexity index is 554. The first-order valence-corrected chi connectivity index (χ1v) is 8.44. The maximum absolute atomic E-state index is 6.64. The summed E-state index contributed by atoms with van der Waals surface area (Å²) in [6, 6.07) is 0. The zero-order chi connectivity index (χ0) is 14.4. The lowest BCUT2D eigenvalue weighted by Crippen LogP contribution is -2.46. The molecule has 0 saturated heterocycles. The molecule has 1 aliphatic carbocycles. The van der Waals surface area contributed by atoms with Crippen molar-refractivity contribution in [2.24, 2.45) is 17.1 Å². The summed E-state index contributed by atoms with van der Waals surface area (Å²) in [5, 5.41) is 2.07. The topological polar surface area (TPSA) is 43.3 Å². The molecule has 0 unspecified atom stereocenters. The molecule has 110 valence electrons. The smallest absolute Gasteiger partial charge is 0.193 e. The van der Waals surface area contributed by atoms with Crippen molar-refractivity contribution in [2.75, 3.05) is 0 Å². The zero-order valence-electron chi connectivity index (χ0n) is 12.7. The normalized spacial score (nSPS) is 28.1. The lowest BCUT2D eigenvalue weighted by molar-refractivity contribution is 0.133. The van der Waals surface area contributed by atoms with E-state index in [1.54, 1.807) is 11.3 Å². The van der Waals surface area contributed by atoms with E-state index in [9.17, 15) is 0 Å². The summed E-state index contributed by atoms with van der Waals surface area (Å²) in [5.41, 5.74) is 8.15. The Morgan fingerprint density at radius 3 is 2.70 bits per heavy atom. The van der Waals surface area contributed by atoms with Gasteiger partial charge in [-0.25, -0.2) is 4.98 Å². The molecular weight excluding hydrogens is 266 g/mol. The van der Waals surface area contributed by atoms with Crippen molar-refractivity contribution in [3.05, 3.63) is 23.5 Å². The van der Waals surface area contributed by atoms with Gasteiger partial charge in [-0.05, 0) is 37.0 Å². The molecule has 2 N–H and O–H groups in total. The molecule has 20 heavy (non-hydrogen) atoms. The van der Waals surface area contributed by atoms with Gasteiger partial charge in [-0.1, -0.05) is 20.8 Å². The highest BCUT2D eigenvalue weighted by Gasteiger charge is 2.36. The molecule has 0 bridgehead atoms. The molecule has 2 heterocycles. The lowest BCUT2D eigenvalue weighted by Gasteiger charge is -2.42. The first-order valence-electron chi connectivity index (χ1n) is 7.56. The van der Waals surface area contributed by atoms with E-state index in [1.165, 1.54) is 12.8 Å². The van der Waals surface area contributed by atoms with Gasteiger partial charge < -0.3 is 5.73 Å². The number of thiazole rings is 1. The van der Waals surface area contributed by atoms with Crippen LogP contribution < -0.4 is 5.73 Å². The summed E-state index contributed by atoms with van der Waals surface area (Å²) < 4.78 is 2.10. The van der Waals surface area contributed by atoms with Crippen molar-refractivity contribution in [2.45, 2.75) is 58.4 Å². The van der Waals surface area contributed by atoms with Crippen molar-refractivity contribution in [1.82, 2.24) is 9.38 Å². The molecule has 0 atom stereocenters. The molecule has 2 aromatic heterocycles. The number of imidazole rings is 1. The van der Waals surface area contributed by atoms with Crippen LogP contribution in [0.2, 0.25) is 0 Å². The number of nitrogens with zero attached hydrogens (tertiary/aromatic N) is 2. The number of fused-ring (bicyclic) bond motifs is 1. The largest absolute Gasteiger partial charge is 0.325 e. The van der Waals surface area contributed by atoms with Gasteiger partial charge in [0.1, 0.15) is 0 Å². The van der Waals surface area contributed by atoms with Crippen molar-refractivity contribution < 1.29 is 0 Å². The van der Waals surface area contributed by atoms with Crippen LogP contribution in [0.15, 0.2) is 17.8 Å². The SMILES string of the molecule is CC(C)(C)C1CCC(N)(Cc2cn3ccsc3n2)CC1. The van der Waals surface area contributed by atoms with Crippen LogP contribution in [0, 0.1) is 11.3 Å². The summed E-state index contributed by atoms with van der Waals surface area (Å²) >= 11 is 1.68. The molecule has 0 spiro atoms. The van der Waals surface area contributed by atoms with Crippen LogP contribution in [0.25, 0.3) is 4.96 Å². The second kappa shape index (κ2) is 4.85. The summed E-state index contributed by atoms with van der Waals surface area (Å²) in [6.07, 6.45) is 9.87. The van der Waals surface area contributed by atoms with Crippen LogP contribution >= 0.6 is 11.3 Å². The van der Waals surface area contributed by atoms with Crippen LogP contribution in [-0.4, -0.2) is 14.9 Å². The fourth-order valence-corrected chi connectivity index (χ4v) is 4.18. The van der Waals surface area contributed by atoms with Gasteiger partial charge in [0.25, 0.3) is 0 Å². The first-order chi connectivity index (χ1) is 9.36. The summed E-state index contributed by atoms with van der Waals surface area (Å²) in [5.74, 6) is 0.810. The molecule has 4 heteroatoms. The van der Waals surface area contributed by atoms with E-state index in [-0.39, 0.29) is 5.54 Å². The molecule has 0 aromatic carbocycles. The number of nitrogens with two attached hydrogens (primary N) is 1. The van der Waals surface area contributed by atoms with E-state index in [1.807, 2.05) is 0 Å². The molecule has 3 rings (SSSR count). The third-order valence-electron chi connectivity index (χ3n) is 4.88. The fourth-order valence-electron chi connectivity index (χ4n) is 3.46. The van der Waals surface area contributed by atoms with Crippen molar-refractivity contribution in [3.63, 3.8) is 0 Å². The van der Waals surface area contributed by atoms with E-state index in [0.717, 1.165) is 35.8 Å². The molecule has 1 aliphatic rings. The number of hydrogen-bond donors (Lipinski definition) is 1. The van der Waals surface area contributed by atoms with Gasteiger partial charge in [-0.2, -0.15) is 0 Å². The molecular formula is C16H25N3S. The van der Waals surface area contributed by atoms with E-state index >= 15 is 0 Å². The maximum atomic E-state index is 6.64. The molecule has 2 aromatic rings. The fraction of sp³-hybridized carbons (Fsp3) is 0.688. The van der Waals surface area contributed by atoms with Crippen LogP contribution in [0.3, 0.4) is 0 Å². The average Bonchev–Trinajstić information content (AvgIpc) is 2.88. The quantitative estimate of drug-likeness (QED) is 0.912. The van der Waals surface area contributed by atoms with Gasteiger partial charge in [0.05, 0.1) is 5.69 Å². The van der Waals surface area contributed by atoms with E-state index in [0.29, 0.717) is 5.41 Å². The molecule has 1 fully saturated rings. The van der Waals surface area contributed by atoms with Crippen molar-refractivity contribution >= 4 is 16.3 Å². The highest BCUT2D eigenvalue weighted by molar-refractivity contribution is 7.15. The Morgan fingerprint density at radius 1 is 1.40 bits per heavy atom. The molecule has 0 aliphatic heterocycles. The Morgan fingerprint density at radius 2 is 2.10 bits per heavy atom. The Labute approximate surface area is 125 Å². The minimum absolute atomic E-state index is 0.0498. The summed E-state index contributed by atoms with van der Waals surface area (Å²) in [4.78, 5) is 5.76. The minimum atomic E-state index is -0.0498. The Kier molecular flexibility index (Phi) is 3.41. The Hall–Kier alpha value is -0.870. The molecule has 0 amide bonds. The zero-order valence-corrected chi connectivity index (χ0v) is 13.5. The monoisotopic (exact) mass is 291 g/mol. The van der Waals surface area contributed by atoms with Gasteiger partial charge in [0.2, 0.25) is 0 Å². The van der Waals surface area contributed by atoms with E-state index in [4.69, 9.17) is 5.73 Å². The predicted molar refractivity (Wildman–Crippen MR) is 85.1 cm³/mol. The second-order valence-electron chi connectivity index (χ2n) is 7.50. The lowest BCUT2D eigenvalue weighted by atomic mass is 9.66. The second-order valence-corrected chi connectivity index (χ2v) is 8.38. The van der Waals surface area contributed by atoms with Crippen LogP contribution in [-0.2, 0) is 6.42 Å². The third-order valence-corrected chi connectivity index (χ3v) is 5.65. The maximum Gasteiger partial charge on any atom is 0.193 e. The molecule has 0 radical (unpaired) electrons. The third kappa shape index (κ3) is 2.77. The number of aromatic nitrogens is 2. The van der Waals surface area contributed by atoms with Gasteiger partial charge in [0.15, 0.2) is 4.96 Å². The van der Waals surface area contributed by atoms with Crippen molar-refractivity contribution in [3.8, 4) is 0 Å². The van der Waals surface area contributed by atoms with Gasteiger partial charge in [-0.15, -0.1) is 11.3 Å². The number of rotatable bonds is 2. The van der Waals surface area contributed by atoms with E-state index in [2.05, 4.69) is 47.9 Å². The Balaban J connectivity index is 1.67. The van der Waals surface area contributed by atoms with Gasteiger partial charge in [0, 0.05) is 29.7 Å².